The molecule has 0 radical (unpaired) electrons. The van der Waals surface area contributed by atoms with Crippen LogP contribution in [0.4, 0.5) is 4.39 Å². The van der Waals surface area contributed by atoms with Gasteiger partial charge in [0, 0.05) is 19.6 Å². The number of likely N-dealkylation sites (tertiary alicyclic amines) is 1. The van der Waals surface area contributed by atoms with Crippen LogP contribution >= 0.6 is 0 Å². The van der Waals surface area contributed by atoms with Gasteiger partial charge >= 0.3 is 5.97 Å². The van der Waals surface area contributed by atoms with Crippen LogP contribution in [-0.4, -0.2) is 44.2 Å². The molecular formula is C27H30FNO3. The molecule has 0 amide bonds. The van der Waals surface area contributed by atoms with E-state index in [0.717, 1.165) is 49.4 Å². The van der Waals surface area contributed by atoms with Crippen LogP contribution in [0.1, 0.15) is 37.0 Å². The number of hydrogen-bond acceptors (Lipinski definition) is 4. The van der Waals surface area contributed by atoms with E-state index in [4.69, 9.17) is 9.47 Å². The minimum Gasteiger partial charge on any atom is -0.489 e. The molecule has 0 aromatic heterocycles. The van der Waals surface area contributed by atoms with E-state index in [1.54, 1.807) is 12.1 Å². The van der Waals surface area contributed by atoms with Gasteiger partial charge < -0.3 is 9.47 Å². The average molecular weight is 436 g/mol. The third-order valence-electron chi connectivity index (χ3n) is 6.36. The lowest BCUT2D eigenvalue weighted by Gasteiger charge is -2.39. The van der Waals surface area contributed by atoms with Gasteiger partial charge in [-0.05, 0) is 78.8 Å². The van der Waals surface area contributed by atoms with Crippen molar-refractivity contribution in [3.63, 3.8) is 0 Å². The number of hydrogen-bond donors (Lipinski definition) is 0. The summed E-state index contributed by atoms with van der Waals surface area (Å²) in [6.45, 7) is 7.20. The fourth-order valence-electron chi connectivity index (χ4n) is 4.46. The molecule has 32 heavy (non-hydrogen) atoms. The van der Waals surface area contributed by atoms with Crippen molar-refractivity contribution in [1.82, 2.24) is 4.90 Å². The SMILES string of the molecule is COC(=O)C1CN(CC2=C(C)c3ccc(OC/C(C)=C/c4ccc(F)cc4)cc3CC2)C1. The number of esters is 1. The molecule has 4 nitrogen and oxygen atoms in total. The molecule has 168 valence electrons. The highest BCUT2D eigenvalue weighted by atomic mass is 19.1. The van der Waals surface area contributed by atoms with Gasteiger partial charge in [0.05, 0.1) is 13.0 Å². The molecule has 0 atom stereocenters. The largest absolute Gasteiger partial charge is 0.489 e. The van der Waals surface area contributed by atoms with Crippen LogP contribution in [0.2, 0.25) is 0 Å². The lowest BCUT2D eigenvalue weighted by Crippen LogP contribution is -2.51. The van der Waals surface area contributed by atoms with Crippen LogP contribution in [0.15, 0.2) is 53.6 Å². The predicted molar refractivity (Wildman–Crippen MR) is 125 cm³/mol. The number of halogens is 1. The van der Waals surface area contributed by atoms with Gasteiger partial charge in [-0.25, -0.2) is 4.39 Å². The minimum absolute atomic E-state index is 0.0250. The highest BCUT2D eigenvalue weighted by Gasteiger charge is 2.34. The Balaban J connectivity index is 1.36. The Bertz CT molecular complexity index is 1050. The van der Waals surface area contributed by atoms with E-state index in [9.17, 15) is 9.18 Å². The van der Waals surface area contributed by atoms with Crippen molar-refractivity contribution in [3.8, 4) is 5.75 Å². The van der Waals surface area contributed by atoms with Crippen molar-refractivity contribution in [3.05, 3.63) is 76.1 Å². The first kappa shape index (κ1) is 22.3. The molecule has 0 saturated carbocycles. The van der Waals surface area contributed by atoms with Gasteiger partial charge in [0.15, 0.2) is 0 Å². The number of fused-ring (bicyclic) bond motifs is 1. The fourth-order valence-corrected chi connectivity index (χ4v) is 4.46. The maximum Gasteiger partial charge on any atom is 0.311 e. The number of carbonyl (C=O) groups is 1. The molecule has 2 aromatic rings. The Kier molecular flexibility index (Phi) is 6.75. The van der Waals surface area contributed by atoms with Crippen molar-refractivity contribution >= 4 is 17.6 Å². The van der Waals surface area contributed by atoms with Crippen molar-refractivity contribution < 1.29 is 18.7 Å². The molecule has 0 bridgehead atoms. The zero-order valence-corrected chi connectivity index (χ0v) is 19.0. The fraction of sp³-hybridized carbons (Fsp3) is 0.370. The predicted octanol–water partition coefficient (Wildman–Crippen LogP) is 5.13. The first-order valence-corrected chi connectivity index (χ1v) is 11.1. The lowest BCUT2D eigenvalue weighted by atomic mass is 9.85. The summed E-state index contributed by atoms with van der Waals surface area (Å²) < 4.78 is 23.9. The van der Waals surface area contributed by atoms with Crippen LogP contribution in [0, 0.1) is 11.7 Å². The van der Waals surface area contributed by atoms with Gasteiger partial charge in [-0.1, -0.05) is 29.8 Å². The molecule has 0 unspecified atom stereocenters. The molecule has 2 aromatic carbocycles. The minimum atomic E-state index is -0.229. The number of ether oxygens (including phenoxy) is 2. The van der Waals surface area contributed by atoms with E-state index in [1.807, 2.05) is 19.1 Å². The number of rotatable bonds is 7. The summed E-state index contributed by atoms with van der Waals surface area (Å²) in [4.78, 5) is 13.9. The van der Waals surface area contributed by atoms with E-state index >= 15 is 0 Å². The molecule has 0 spiro atoms. The number of aryl methyl sites for hydroxylation is 1. The van der Waals surface area contributed by atoms with Crippen LogP contribution < -0.4 is 4.74 Å². The van der Waals surface area contributed by atoms with E-state index in [1.165, 1.54) is 41.5 Å². The molecule has 5 heteroatoms. The zero-order valence-electron chi connectivity index (χ0n) is 19.0. The number of methoxy groups -OCH3 is 1. The molecule has 1 saturated heterocycles. The van der Waals surface area contributed by atoms with Crippen LogP contribution in [0.3, 0.4) is 0 Å². The lowest BCUT2D eigenvalue weighted by molar-refractivity contribution is -0.151. The van der Waals surface area contributed by atoms with E-state index in [-0.39, 0.29) is 17.7 Å². The molecule has 1 aliphatic carbocycles. The summed E-state index contributed by atoms with van der Waals surface area (Å²) in [5.74, 6) is 0.566. The van der Waals surface area contributed by atoms with Gasteiger partial charge in [0.2, 0.25) is 0 Å². The van der Waals surface area contributed by atoms with Crippen LogP contribution in [-0.2, 0) is 16.0 Å². The summed E-state index contributed by atoms with van der Waals surface area (Å²) in [7, 11) is 1.46. The standard InChI is InChI=1S/C27H30FNO3/c1-18(12-20-4-8-24(28)9-5-20)17-32-25-10-11-26-19(2)22(7-6-21(26)13-25)14-29-15-23(16-29)27(30)31-3/h4-5,8-13,23H,6-7,14-17H2,1-3H3/b18-12+. The van der Waals surface area contributed by atoms with E-state index in [2.05, 4.69) is 24.0 Å². The summed E-state index contributed by atoms with van der Waals surface area (Å²) in [6.07, 6.45) is 4.04. The second kappa shape index (κ2) is 9.70. The maximum absolute atomic E-state index is 13.1. The van der Waals surface area contributed by atoms with Gasteiger partial charge in [-0.3, -0.25) is 9.69 Å². The van der Waals surface area contributed by atoms with Gasteiger partial charge in [0.1, 0.15) is 18.2 Å². The zero-order chi connectivity index (χ0) is 22.7. The highest BCUT2D eigenvalue weighted by molar-refractivity contribution is 5.74. The van der Waals surface area contributed by atoms with Crippen molar-refractivity contribution in [2.75, 3.05) is 33.4 Å². The molecular weight excluding hydrogens is 405 g/mol. The second-order valence-electron chi connectivity index (χ2n) is 8.79. The summed E-state index contributed by atoms with van der Waals surface area (Å²) in [6, 6.07) is 12.8. The average Bonchev–Trinajstić information content (AvgIpc) is 2.77. The summed E-state index contributed by atoms with van der Waals surface area (Å²) >= 11 is 0. The molecule has 2 aliphatic rings. The first-order valence-electron chi connectivity index (χ1n) is 11.1. The Labute approximate surface area is 189 Å². The molecule has 1 aliphatic heterocycles. The van der Waals surface area contributed by atoms with Gasteiger partial charge in [0.25, 0.3) is 0 Å². The summed E-state index contributed by atoms with van der Waals surface area (Å²) in [5.41, 5.74) is 7.44. The van der Waals surface area contributed by atoms with Gasteiger partial charge in [-0.2, -0.15) is 0 Å². The molecule has 1 heterocycles. The second-order valence-corrected chi connectivity index (χ2v) is 8.79. The number of nitrogens with zero attached hydrogens (tertiary/aromatic N) is 1. The van der Waals surface area contributed by atoms with Crippen molar-refractivity contribution in [2.24, 2.45) is 5.92 Å². The Morgan fingerprint density at radius 2 is 1.91 bits per heavy atom. The molecule has 0 N–H and O–H groups in total. The Morgan fingerprint density at radius 1 is 1.16 bits per heavy atom. The van der Waals surface area contributed by atoms with Gasteiger partial charge in [-0.15, -0.1) is 0 Å². The Hall–Kier alpha value is -2.92. The summed E-state index contributed by atoms with van der Waals surface area (Å²) in [5, 5.41) is 0. The normalized spacial score (nSPS) is 17.1. The Morgan fingerprint density at radius 3 is 2.62 bits per heavy atom. The number of benzene rings is 2. The molecule has 1 fully saturated rings. The number of carbonyl (C=O) groups excluding carboxylic acids is 1. The van der Waals surface area contributed by atoms with E-state index in [0.29, 0.717) is 6.61 Å². The van der Waals surface area contributed by atoms with Crippen molar-refractivity contribution in [1.29, 1.82) is 0 Å². The molecule has 4 rings (SSSR count). The van der Waals surface area contributed by atoms with Crippen LogP contribution in [0.25, 0.3) is 11.6 Å². The highest BCUT2D eigenvalue weighted by Crippen LogP contribution is 2.34. The number of allylic oxidation sites excluding steroid dienone is 1. The maximum atomic E-state index is 13.1. The van der Waals surface area contributed by atoms with E-state index < -0.39 is 0 Å². The quantitative estimate of drug-likeness (QED) is 0.565. The van der Waals surface area contributed by atoms with Crippen molar-refractivity contribution in [2.45, 2.75) is 26.7 Å². The third-order valence-corrected chi connectivity index (χ3v) is 6.36. The topological polar surface area (TPSA) is 38.8 Å². The third kappa shape index (κ3) is 5.10. The first-order chi connectivity index (χ1) is 15.4. The van der Waals surface area contributed by atoms with Crippen LogP contribution in [0.5, 0.6) is 5.75 Å². The monoisotopic (exact) mass is 435 g/mol. The smallest absolute Gasteiger partial charge is 0.311 e.